The number of pyridine rings is 1. The Morgan fingerprint density at radius 1 is 1.09 bits per heavy atom. The first-order valence-corrected chi connectivity index (χ1v) is 7.81. The van der Waals surface area contributed by atoms with Gasteiger partial charge in [-0.1, -0.05) is 36.4 Å². The van der Waals surface area contributed by atoms with Crippen LogP contribution in [-0.4, -0.2) is 16.9 Å². The summed E-state index contributed by atoms with van der Waals surface area (Å²) in [4.78, 5) is 17.1. The average molecular weight is 303 g/mol. The number of aryl methyl sites for hydroxylation is 1. The maximum atomic E-state index is 12.4. The number of rotatable bonds is 2. The molecule has 4 rings (SSSR count). The summed E-state index contributed by atoms with van der Waals surface area (Å²) in [7, 11) is 0. The SMILES string of the molecule is O=C(Nc1ccccc1)C1CCc2cc3ccccc3nc2N1. The number of aromatic nitrogens is 1. The number of nitrogens with zero attached hydrogens (tertiary/aromatic N) is 1. The van der Waals surface area contributed by atoms with Crippen molar-refractivity contribution in [3.05, 3.63) is 66.2 Å². The van der Waals surface area contributed by atoms with Crippen LogP contribution in [0.3, 0.4) is 0 Å². The van der Waals surface area contributed by atoms with Gasteiger partial charge in [0.2, 0.25) is 5.91 Å². The highest BCUT2D eigenvalue weighted by atomic mass is 16.2. The number of para-hydroxylation sites is 2. The lowest BCUT2D eigenvalue weighted by Crippen LogP contribution is -2.38. The number of hydrogen-bond donors (Lipinski definition) is 2. The summed E-state index contributed by atoms with van der Waals surface area (Å²) < 4.78 is 0. The van der Waals surface area contributed by atoms with Crippen LogP contribution in [0.1, 0.15) is 12.0 Å². The molecule has 0 saturated carbocycles. The van der Waals surface area contributed by atoms with E-state index in [1.165, 1.54) is 5.56 Å². The quantitative estimate of drug-likeness (QED) is 0.760. The first-order chi connectivity index (χ1) is 11.3. The van der Waals surface area contributed by atoms with E-state index in [2.05, 4.69) is 27.8 Å². The van der Waals surface area contributed by atoms with Gasteiger partial charge in [-0.05, 0) is 42.7 Å². The lowest BCUT2D eigenvalue weighted by molar-refractivity contribution is -0.117. The minimum atomic E-state index is -0.253. The van der Waals surface area contributed by atoms with Crippen molar-refractivity contribution in [2.45, 2.75) is 18.9 Å². The number of nitrogens with one attached hydrogen (secondary N) is 2. The minimum absolute atomic E-state index is 0.0168. The molecule has 1 unspecified atom stereocenters. The molecule has 2 heterocycles. The second-order valence-electron chi connectivity index (χ2n) is 5.78. The monoisotopic (exact) mass is 303 g/mol. The Hall–Kier alpha value is -2.88. The van der Waals surface area contributed by atoms with Crippen molar-refractivity contribution in [2.24, 2.45) is 0 Å². The third-order valence-corrected chi connectivity index (χ3v) is 4.17. The third-order valence-electron chi connectivity index (χ3n) is 4.17. The maximum Gasteiger partial charge on any atom is 0.246 e. The van der Waals surface area contributed by atoms with E-state index in [1.807, 2.05) is 48.5 Å². The zero-order valence-corrected chi connectivity index (χ0v) is 12.6. The van der Waals surface area contributed by atoms with Crippen LogP contribution in [-0.2, 0) is 11.2 Å². The second kappa shape index (κ2) is 5.72. The van der Waals surface area contributed by atoms with Crippen LogP contribution in [0.2, 0.25) is 0 Å². The molecule has 0 radical (unpaired) electrons. The van der Waals surface area contributed by atoms with E-state index in [-0.39, 0.29) is 11.9 Å². The van der Waals surface area contributed by atoms with E-state index in [0.29, 0.717) is 0 Å². The van der Waals surface area contributed by atoms with Crippen molar-refractivity contribution in [3.8, 4) is 0 Å². The van der Waals surface area contributed by atoms with Crippen LogP contribution in [0.25, 0.3) is 10.9 Å². The molecule has 2 aromatic carbocycles. The molecule has 0 fully saturated rings. The molecule has 4 nitrogen and oxygen atoms in total. The zero-order chi connectivity index (χ0) is 15.6. The molecule has 1 aliphatic rings. The van der Waals surface area contributed by atoms with E-state index in [9.17, 15) is 4.79 Å². The highest BCUT2D eigenvalue weighted by Gasteiger charge is 2.25. The van der Waals surface area contributed by atoms with Gasteiger partial charge in [0.15, 0.2) is 0 Å². The summed E-state index contributed by atoms with van der Waals surface area (Å²) in [5.74, 6) is 0.806. The Labute approximate surface area is 134 Å². The highest BCUT2D eigenvalue weighted by Crippen LogP contribution is 2.27. The first kappa shape index (κ1) is 13.8. The Morgan fingerprint density at radius 2 is 1.87 bits per heavy atom. The summed E-state index contributed by atoms with van der Waals surface area (Å²) in [5, 5.41) is 7.38. The Kier molecular flexibility index (Phi) is 3.42. The topological polar surface area (TPSA) is 54.0 Å². The van der Waals surface area contributed by atoms with Gasteiger partial charge in [0, 0.05) is 11.1 Å². The van der Waals surface area contributed by atoms with Crippen LogP contribution in [0.15, 0.2) is 60.7 Å². The van der Waals surface area contributed by atoms with Gasteiger partial charge >= 0.3 is 0 Å². The standard InChI is InChI=1S/C19H17N3O/c23-19(20-15-7-2-1-3-8-15)17-11-10-14-12-13-6-4-5-9-16(13)21-18(14)22-17/h1-9,12,17H,10-11H2,(H,20,23)(H,21,22). The smallest absolute Gasteiger partial charge is 0.246 e. The molecule has 4 heteroatoms. The van der Waals surface area contributed by atoms with E-state index in [0.717, 1.165) is 35.2 Å². The van der Waals surface area contributed by atoms with Gasteiger partial charge in [-0.2, -0.15) is 0 Å². The summed E-state index contributed by atoms with van der Waals surface area (Å²) in [5.41, 5.74) is 2.94. The molecule has 3 aromatic rings. The Morgan fingerprint density at radius 3 is 2.74 bits per heavy atom. The molecular weight excluding hydrogens is 286 g/mol. The van der Waals surface area contributed by atoms with Gasteiger partial charge in [0.1, 0.15) is 11.9 Å². The van der Waals surface area contributed by atoms with Crippen molar-refractivity contribution >= 4 is 28.3 Å². The molecule has 0 spiro atoms. The predicted octanol–water partition coefficient (Wildman–Crippen LogP) is 3.60. The van der Waals surface area contributed by atoms with Crippen molar-refractivity contribution in [1.82, 2.24) is 4.98 Å². The summed E-state index contributed by atoms with van der Waals surface area (Å²) in [6.45, 7) is 0. The number of carbonyl (C=O) groups excluding carboxylic acids is 1. The van der Waals surface area contributed by atoms with E-state index in [1.54, 1.807) is 0 Å². The zero-order valence-electron chi connectivity index (χ0n) is 12.6. The first-order valence-electron chi connectivity index (χ1n) is 7.81. The summed E-state index contributed by atoms with van der Waals surface area (Å²) in [6, 6.07) is 19.5. The number of hydrogen-bond acceptors (Lipinski definition) is 3. The molecule has 1 amide bonds. The fourth-order valence-corrected chi connectivity index (χ4v) is 2.96. The number of benzene rings is 2. The molecule has 1 atom stereocenters. The van der Waals surface area contributed by atoms with Crippen molar-refractivity contribution in [2.75, 3.05) is 10.6 Å². The van der Waals surface area contributed by atoms with Gasteiger partial charge in [-0.15, -0.1) is 0 Å². The minimum Gasteiger partial charge on any atom is -0.358 e. The normalized spacial score (nSPS) is 16.4. The molecule has 2 N–H and O–H groups in total. The number of fused-ring (bicyclic) bond motifs is 2. The van der Waals surface area contributed by atoms with Crippen LogP contribution < -0.4 is 10.6 Å². The van der Waals surface area contributed by atoms with E-state index >= 15 is 0 Å². The van der Waals surface area contributed by atoms with Gasteiger partial charge < -0.3 is 10.6 Å². The molecule has 114 valence electrons. The summed E-state index contributed by atoms with van der Waals surface area (Å²) >= 11 is 0. The molecule has 0 bridgehead atoms. The molecule has 1 aliphatic heterocycles. The Balaban J connectivity index is 1.56. The second-order valence-corrected chi connectivity index (χ2v) is 5.78. The van der Waals surface area contributed by atoms with Crippen LogP contribution >= 0.6 is 0 Å². The lowest BCUT2D eigenvalue weighted by atomic mass is 9.99. The Bertz CT molecular complexity index is 861. The van der Waals surface area contributed by atoms with Gasteiger partial charge in [0.25, 0.3) is 0 Å². The third kappa shape index (κ3) is 2.75. The molecule has 1 aromatic heterocycles. The largest absolute Gasteiger partial charge is 0.358 e. The van der Waals surface area contributed by atoms with Crippen LogP contribution in [0.4, 0.5) is 11.5 Å². The molecule has 0 saturated heterocycles. The fourth-order valence-electron chi connectivity index (χ4n) is 2.96. The fraction of sp³-hybridized carbons (Fsp3) is 0.158. The predicted molar refractivity (Wildman–Crippen MR) is 92.5 cm³/mol. The molecule has 0 aliphatic carbocycles. The molecular formula is C19H17N3O. The van der Waals surface area contributed by atoms with Gasteiger partial charge in [0.05, 0.1) is 5.52 Å². The van der Waals surface area contributed by atoms with Crippen molar-refractivity contribution < 1.29 is 4.79 Å². The highest BCUT2D eigenvalue weighted by molar-refractivity contribution is 5.97. The van der Waals surface area contributed by atoms with Gasteiger partial charge in [-0.3, -0.25) is 4.79 Å². The van der Waals surface area contributed by atoms with Crippen LogP contribution in [0.5, 0.6) is 0 Å². The van der Waals surface area contributed by atoms with Crippen molar-refractivity contribution in [3.63, 3.8) is 0 Å². The van der Waals surface area contributed by atoms with E-state index < -0.39 is 0 Å². The molecule has 23 heavy (non-hydrogen) atoms. The maximum absolute atomic E-state index is 12.4. The van der Waals surface area contributed by atoms with Crippen molar-refractivity contribution in [1.29, 1.82) is 0 Å². The number of anilines is 2. The van der Waals surface area contributed by atoms with E-state index in [4.69, 9.17) is 0 Å². The summed E-state index contributed by atoms with van der Waals surface area (Å²) in [6.07, 6.45) is 1.62. The number of carbonyl (C=O) groups is 1. The van der Waals surface area contributed by atoms with Crippen LogP contribution in [0, 0.1) is 0 Å². The van der Waals surface area contributed by atoms with Gasteiger partial charge in [-0.25, -0.2) is 4.98 Å². The lowest BCUT2D eigenvalue weighted by Gasteiger charge is -2.25. The number of amides is 1. The average Bonchev–Trinajstić information content (AvgIpc) is 2.60.